The predicted octanol–water partition coefficient (Wildman–Crippen LogP) is 4.60. The minimum absolute atomic E-state index is 0.156. The first-order chi connectivity index (χ1) is 13.0. The molecule has 0 saturated heterocycles. The van der Waals surface area contributed by atoms with Gasteiger partial charge >= 0.3 is 5.97 Å². The average Bonchev–Trinajstić information content (AvgIpc) is 3.28. The molecule has 1 aliphatic heterocycles. The average molecular weight is 382 g/mol. The van der Waals surface area contributed by atoms with Crippen molar-refractivity contribution in [1.29, 1.82) is 0 Å². The number of fused-ring (bicyclic) bond motifs is 3. The molecule has 0 atom stereocenters. The number of nitrogens with zero attached hydrogens (tertiary/aromatic N) is 2. The van der Waals surface area contributed by atoms with Gasteiger partial charge in [-0.2, -0.15) is 11.3 Å². The van der Waals surface area contributed by atoms with Crippen molar-refractivity contribution in [3.63, 3.8) is 0 Å². The van der Waals surface area contributed by atoms with E-state index in [1.54, 1.807) is 18.4 Å². The molecular weight excluding hydrogens is 360 g/mol. The molecule has 0 spiro atoms. The van der Waals surface area contributed by atoms with Gasteiger partial charge in [0.15, 0.2) is 5.69 Å². The lowest BCUT2D eigenvalue weighted by atomic mass is 9.94. The van der Waals surface area contributed by atoms with Crippen molar-refractivity contribution in [2.24, 2.45) is 5.92 Å². The lowest BCUT2D eigenvalue weighted by Crippen LogP contribution is -2.16. The first kappa shape index (κ1) is 17.8. The molecule has 0 fully saturated rings. The number of imidazole rings is 1. The maximum absolute atomic E-state index is 11.8. The molecule has 0 radical (unpaired) electrons. The second-order valence-corrected chi connectivity index (χ2v) is 8.05. The van der Waals surface area contributed by atoms with Crippen LogP contribution in [-0.2, 0) is 19.3 Å². The first-order valence-electron chi connectivity index (χ1n) is 9.07. The fourth-order valence-corrected chi connectivity index (χ4v) is 4.44. The van der Waals surface area contributed by atoms with E-state index in [4.69, 9.17) is 4.74 Å². The number of aryl methyl sites for hydroxylation is 1. The highest BCUT2D eigenvalue weighted by Gasteiger charge is 2.29. The van der Waals surface area contributed by atoms with Gasteiger partial charge in [0, 0.05) is 10.9 Å². The van der Waals surface area contributed by atoms with Gasteiger partial charge in [0.1, 0.15) is 11.6 Å². The SMILES string of the molecule is COc1cc2c(cc1CC(C)C)-n1c(-c3ccsc3)nc(C(=O)O)c1CC2. The van der Waals surface area contributed by atoms with E-state index >= 15 is 0 Å². The molecule has 0 bridgehead atoms. The highest BCUT2D eigenvalue weighted by atomic mass is 32.1. The van der Waals surface area contributed by atoms with Crippen molar-refractivity contribution >= 4 is 17.3 Å². The van der Waals surface area contributed by atoms with Crippen molar-refractivity contribution < 1.29 is 14.6 Å². The Bertz CT molecular complexity index is 1000. The minimum atomic E-state index is -0.973. The largest absolute Gasteiger partial charge is 0.496 e. The molecule has 1 aliphatic rings. The zero-order valence-corrected chi connectivity index (χ0v) is 16.5. The monoisotopic (exact) mass is 382 g/mol. The molecule has 4 rings (SSSR count). The van der Waals surface area contributed by atoms with Crippen molar-refractivity contribution in [3.05, 3.63) is 51.5 Å². The molecule has 1 N–H and O–H groups in total. The third kappa shape index (κ3) is 3.04. The third-order valence-electron chi connectivity index (χ3n) is 4.94. The molecule has 0 amide bonds. The summed E-state index contributed by atoms with van der Waals surface area (Å²) in [5, 5.41) is 13.7. The fourth-order valence-electron chi connectivity index (χ4n) is 3.81. The summed E-state index contributed by atoms with van der Waals surface area (Å²) in [6.07, 6.45) is 2.33. The summed E-state index contributed by atoms with van der Waals surface area (Å²) in [6, 6.07) is 6.24. The Labute approximate surface area is 162 Å². The molecule has 5 nitrogen and oxygen atoms in total. The van der Waals surface area contributed by atoms with Crippen molar-refractivity contribution in [2.45, 2.75) is 33.1 Å². The van der Waals surface area contributed by atoms with Crippen LogP contribution in [0.5, 0.6) is 5.75 Å². The van der Waals surface area contributed by atoms with E-state index in [1.165, 1.54) is 0 Å². The Kier molecular flexibility index (Phi) is 4.52. The highest BCUT2D eigenvalue weighted by molar-refractivity contribution is 7.08. The van der Waals surface area contributed by atoms with Crippen molar-refractivity contribution in [3.8, 4) is 22.8 Å². The Morgan fingerprint density at radius 1 is 1.37 bits per heavy atom. The normalized spacial score (nSPS) is 12.7. The van der Waals surface area contributed by atoms with Gasteiger partial charge in [-0.1, -0.05) is 13.8 Å². The van der Waals surface area contributed by atoms with Crippen LogP contribution in [0.25, 0.3) is 17.1 Å². The molecule has 1 aromatic carbocycles. The van der Waals surface area contributed by atoms with E-state index in [0.717, 1.165) is 46.7 Å². The predicted molar refractivity (Wildman–Crippen MR) is 106 cm³/mol. The van der Waals surface area contributed by atoms with Crippen LogP contribution in [-0.4, -0.2) is 27.7 Å². The fraction of sp³-hybridized carbons (Fsp3) is 0.333. The molecule has 0 saturated carbocycles. The number of ether oxygens (including phenoxy) is 1. The molecule has 2 aromatic heterocycles. The van der Waals surface area contributed by atoms with E-state index in [2.05, 4.69) is 31.0 Å². The number of aromatic carboxylic acids is 1. The smallest absolute Gasteiger partial charge is 0.356 e. The molecule has 3 aromatic rings. The first-order valence-corrected chi connectivity index (χ1v) is 10.0. The lowest BCUT2D eigenvalue weighted by molar-refractivity contribution is 0.0689. The lowest BCUT2D eigenvalue weighted by Gasteiger charge is -2.24. The van der Waals surface area contributed by atoms with E-state index in [0.29, 0.717) is 18.2 Å². The maximum atomic E-state index is 11.8. The van der Waals surface area contributed by atoms with Crippen molar-refractivity contribution in [2.75, 3.05) is 7.11 Å². The summed E-state index contributed by atoms with van der Waals surface area (Å²) in [5.74, 6) is 1.13. The second kappa shape index (κ2) is 6.85. The van der Waals surface area contributed by atoms with E-state index in [-0.39, 0.29) is 5.69 Å². The topological polar surface area (TPSA) is 64.4 Å². The van der Waals surface area contributed by atoms with Crippen LogP contribution >= 0.6 is 11.3 Å². The van der Waals surface area contributed by atoms with Gasteiger partial charge in [-0.25, -0.2) is 9.78 Å². The van der Waals surface area contributed by atoms with E-state index in [1.807, 2.05) is 21.4 Å². The van der Waals surface area contributed by atoms with Crippen LogP contribution in [0, 0.1) is 5.92 Å². The summed E-state index contributed by atoms with van der Waals surface area (Å²) >= 11 is 1.58. The van der Waals surface area contributed by atoms with Crippen LogP contribution < -0.4 is 4.74 Å². The Hall–Kier alpha value is -2.60. The summed E-state index contributed by atoms with van der Waals surface area (Å²) in [6.45, 7) is 4.36. The number of carboxylic acid groups (broad SMARTS) is 1. The molecule has 27 heavy (non-hydrogen) atoms. The van der Waals surface area contributed by atoms with Crippen LogP contribution in [0.15, 0.2) is 29.0 Å². The van der Waals surface area contributed by atoms with Crippen LogP contribution in [0.3, 0.4) is 0 Å². The van der Waals surface area contributed by atoms with Gasteiger partial charge in [-0.15, -0.1) is 0 Å². The summed E-state index contributed by atoms with van der Waals surface area (Å²) in [4.78, 5) is 16.3. The number of carbonyl (C=O) groups is 1. The van der Waals surface area contributed by atoms with Gasteiger partial charge in [-0.3, -0.25) is 4.57 Å². The number of carboxylic acids is 1. The quantitative estimate of drug-likeness (QED) is 0.700. The summed E-state index contributed by atoms with van der Waals surface area (Å²) in [7, 11) is 1.70. The molecule has 0 aliphatic carbocycles. The Morgan fingerprint density at radius 3 is 2.81 bits per heavy atom. The summed E-state index contributed by atoms with van der Waals surface area (Å²) in [5.41, 5.74) is 5.20. The highest BCUT2D eigenvalue weighted by Crippen LogP contribution is 2.37. The van der Waals surface area contributed by atoms with Gasteiger partial charge in [0.05, 0.1) is 18.5 Å². The zero-order chi connectivity index (χ0) is 19.1. The number of hydrogen-bond acceptors (Lipinski definition) is 4. The molecule has 0 unspecified atom stereocenters. The van der Waals surface area contributed by atoms with Gasteiger partial charge < -0.3 is 9.84 Å². The van der Waals surface area contributed by atoms with Crippen LogP contribution in [0.4, 0.5) is 0 Å². The number of methoxy groups -OCH3 is 1. The maximum Gasteiger partial charge on any atom is 0.356 e. The number of thiophene rings is 1. The van der Waals surface area contributed by atoms with Crippen LogP contribution in [0.1, 0.15) is 41.2 Å². The standard InChI is InChI=1S/C21H22N2O3S/c1-12(2)8-15-9-17-13(10-18(15)26-3)4-5-16-19(21(24)25)22-20(23(16)17)14-6-7-27-11-14/h6-7,9-12H,4-5,8H2,1-3H3,(H,24,25). The van der Waals surface area contributed by atoms with Crippen molar-refractivity contribution in [1.82, 2.24) is 9.55 Å². The molecule has 140 valence electrons. The molecule has 6 heteroatoms. The minimum Gasteiger partial charge on any atom is -0.496 e. The molecular formula is C21H22N2O3S. The number of aromatic nitrogens is 2. The summed E-state index contributed by atoms with van der Waals surface area (Å²) < 4.78 is 7.66. The van der Waals surface area contributed by atoms with E-state index < -0.39 is 5.97 Å². The Morgan fingerprint density at radius 2 is 2.19 bits per heavy atom. The van der Waals surface area contributed by atoms with Gasteiger partial charge in [0.25, 0.3) is 0 Å². The van der Waals surface area contributed by atoms with E-state index in [9.17, 15) is 9.90 Å². The Balaban J connectivity index is 1.97. The molecule has 3 heterocycles. The number of hydrogen-bond donors (Lipinski definition) is 1. The zero-order valence-electron chi connectivity index (χ0n) is 15.7. The number of rotatable bonds is 5. The number of benzene rings is 1. The van der Waals surface area contributed by atoms with Gasteiger partial charge in [-0.05, 0) is 59.9 Å². The van der Waals surface area contributed by atoms with Gasteiger partial charge in [0.2, 0.25) is 0 Å². The third-order valence-corrected chi connectivity index (χ3v) is 5.62. The van der Waals surface area contributed by atoms with Crippen LogP contribution in [0.2, 0.25) is 0 Å². The second-order valence-electron chi connectivity index (χ2n) is 7.27.